The van der Waals surface area contributed by atoms with Gasteiger partial charge in [-0.15, -0.1) is 0 Å². The summed E-state index contributed by atoms with van der Waals surface area (Å²) in [5.74, 6) is 0. The third-order valence-corrected chi connectivity index (χ3v) is 1.39. The van der Waals surface area contributed by atoms with Gasteiger partial charge in [0, 0.05) is 5.56 Å². The van der Waals surface area contributed by atoms with Crippen LogP contribution in [0.4, 0.5) is 0 Å². The van der Waals surface area contributed by atoms with Crippen LogP contribution >= 0.6 is 0 Å². The quantitative estimate of drug-likeness (QED) is 0.553. The second kappa shape index (κ2) is 3.03. The summed E-state index contributed by atoms with van der Waals surface area (Å²) in [5, 5.41) is 0. The van der Waals surface area contributed by atoms with E-state index in [9.17, 15) is 0 Å². The molecule has 0 fully saturated rings. The van der Waals surface area contributed by atoms with Crippen molar-refractivity contribution in [2.45, 2.75) is 13.5 Å². The molecule has 0 bridgehead atoms. The lowest BCUT2D eigenvalue weighted by atomic mass is 10.2. The fourth-order valence-electron chi connectivity index (χ4n) is 0.799. The van der Waals surface area contributed by atoms with E-state index in [0.29, 0.717) is 6.54 Å². The number of benzene rings is 1. The Balaban J connectivity index is 2.81. The van der Waals surface area contributed by atoms with Crippen molar-refractivity contribution in [2.75, 3.05) is 0 Å². The molecule has 0 spiro atoms. The molecule has 0 aliphatic heterocycles. The van der Waals surface area contributed by atoms with Crippen LogP contribution in [-0.4, -0.2) is 0 Å². The van der Waals surface area contributed by atoms with Crippen molar-refractivity contribution in [3.8, 4) is 6.57 Å². The molecule has 0 aliphatic rings. The molecule has 0 heterocycles. The smallest absolute Gasteiger partial charge is 0.0817 e. The molecule has 0 aliphatic carbocycles. The highest BCUT2D eigenvalue weighted by Gasteiger charge is 1.93. The Labute approximate surface area is 61.1 Å². The fraction of sp³-hybridized carbons (Fsp3) is 0.222. The predicted molar refractivity (Wildman–Crippen MR) is 43.2 cm³/mol. The first-order chi connectivity index (χ1) is 4.83. The Bertz CT molecular complexity index is 240. The Morgan fingerprint density at radius 1 is 1.30 bits per heavy atom. The number of rotatable bonds is 1. The van der Waals surface area contributed by atoms with E-state index in [-0.39, 0.29) is 0 Å². The zero-order valence-corrected chi connectivity index (χ0v) is 6.04. The lowest BCUT2D eigenvalue weighted by Gasteiger charge is -1.89. The normalized spacial score (nSPS) is 8.80. The summed E-state index contributed by atoms with van der Waals surface area (Å²) in [6.45, 7) is 7.69. The minimum absolute atomic E-state index is 0.611. The Hall–Kier alpha value is -1.29. The second-order valence-corrected chi connectivity index (χ2v) is 2.33. The average molecular weight is 132 g/mol. The highest BCUT2D eigenvalue weighted by atomic mass is 14.6. The summed E-state index contributed by atoms with van der Waals surface area (Å²) < 4.78 is 0. The molecule has 1 aromatic rings. The number of hydrogen-bond donors (Lipinski definition) is 0. The topological polar surface area (TPSA) is 4.36 Å². The molecule has 1 heteroatoms. The van der Waals surface area contributed by atoms with E-state index in [2.05, 4.69) is 23.9 Å². The van der Waals surface area contributed by atoms with Crippen LogP contribution in [0.15, 0.2) is 24.3 Å². The van der Waals surface area contributed by atoms with E-state index in [1.54, 1.807) is 0 Å². The zero-order chi connectivity index (χ0) is 7.40. The van der Waals surface area contributed by atoms with Crippen LogP contribution in [-0.2, 0) is 6.54 Å². The molecule has 0 N–H and O–H groups in total. The van der Waals surface area contributed by atoms with Crippen LogP contribution in [0.25, 0.3) is 4.85 Å². The summed E-state index contributed by atoms with van der Waals surface area (Å²) in [4.78, 5) is 3.54. The number of hydrogen-bond acceptors (Lipinski definition) is 0. The molecule has 0 saturated heterocycles. The highest BCUT2D eigenvalue weighted by molar-refractivity contribution is 5.22. The van der Waals surface area contributed by atoms with Crippen molar-refractivity contribution in [1.82, 2.24) is 0 Å². The molecule has 1 rings (SSSR count). The van der Waals surface area contributed by atoms with Crippen LogP contribution in [0.1, 0.15) is 11.1 Å². The Kier molecular flexibility index (Phi) is 2.07. The predicted octanol–water partition coefficient (Wildman–Crippen LogP) is 2.46. The minimum atomic E-state index is 0.611. The summed E-state index contributed by atoms with van der Waals surface area (Å²) in [6.07, 6.45) is 0. The van der Waals surface area contributed by atoms with Crippen LogP contribution in [0.3, 0.4) is 0 Å². The molecule has 10 heavy (non-hydrogen) atoms. The third kappa shape index (κ3) is 1.60. The maximum atomic E-state index is 5.02. The van der Waals surface area contributed by atoms with Gasteiger partial charge in [-0.05, 0) is 6.92 Å². The average Bonchev–Trinajstić information content (AvgIpc) is 1.95. The second-order valence-electron chi connectivity index (χ2n) is 2.33. The van der Waals surface area contributed by atoms with E-state index >= 15 is 0 Å². The number of aryl methyl sites for hydroxylation is 1. The van der Waals surface area contributed by atoms with Crippen molar-refractivity contribution in [3.05, 3.63) is 40.2 Å². The summed E-state index contributed by atoms with van der Waals surface area (Å²) in [6, 6.07) is 8.18. The maximum absolute atomic E-state index is 5.02. The SMILES string of the molecule is C#[N+]Cc1ccc(C)cc1. The molecule has 0 saturated carbocycles. The number of nitrogens with zero attached hydrogens (tertiary/aromatic N) is 1. The van der Waals surface area contributed by atoms with E-state index in [1.165, 1.54) is 5.56 Å². The van der Waals surface area contributed by atoms with Crippen molar-refractivity contribution >= 4 is 0 Å². The summed E-state index contributed by atoms with van der Waals surface area (Å²) in [7, 11) is 0. The molecule has 1 aromatic carbocycles. The molecular formula is C9H10N+. The van der Waals surface area contributed by atoms with Crippen molar-refractivity contribution in [1.29, 1.82) is 0 Å². The molecule has 0 aromatic heterocycles. The Morgan fingerprint density at radius 2 is 1.90 bits per heavy atom. The minimum Gasteiger partial charge on any atom is -0.0817 e. The summed E-state index contributed by atoms with van der Waals surface area (Å²) in [5.41, 5.74) is 2.42. The van der Waals surface area contributed by atoms with Crippen LogP contribution in [0.2, 0.25) is 0 Å². The first-order valence-corrected chi connectivity index (χ1v) is 3.25. The van der Waals surface area contributed by atoms with Gasteiger partial charge >= 0.3 is 0 Å². The maximum Gasteiger partial charge on any atom is 0.288 e. The van der Waals surface area contributed by atoms with Crippen LogP contribution in [0.5, 0.6) is 0 Å². The van der Waals surface area contributed by atoms with Crippen LogP contribution < -0.4 is 0 Å². The molecule has 0 atom stereocenters. The fourth-order valence-corrected chi connectivity index (χ4v) is 0.799. The lowest BCUT2D eigenvalue weighted by molar-refractivity contribution is 1.26. The van der Waals surface area contributed by atoms with Gasteiger partial charge in [0.1, 0.15) is 0 Å². The van der Waals surface area contributed by atoms with Gasteiger partial charge in [-0.1, -0.05) is 34.7 Å². The monoisotopic (exact) mass is 132 g/mol. The third-order valence-electron chi connectivity index (χ3n) is 1.39. The van der Waals surface area contributed by atoms with Gasteiger partial charge in [0.2, 0.25) is 0 Å². The first kappa shape index (κ1) is 6.82. The van der Waals surface area contributed by atoms with Gasteiger partial charge < -0.3 is 0 Å². The molecule has 0 radical (unpaired) electrons. The van der Waals surface area contributed by atoms with E-state index < -0.39 is 0 Å². The standard InChI is InChI=1S/C9H10N/c1-8-3-5-9(6-4-8)7-10-2/h2-6H,7H2,1H3/q+1. The van der Waals surface area contributed by atoms with Gasteiger partial charge in [-0.3, -0.25) is 0 Å². The van der Waals surface area contributed by atoms with Crippen molar-refractivity contribution in [3.63, 3.8) is 0 Å². The summed E-state index contributed by atoms with van der Waals surface area (Å²) >= 11 is 0. The van der Waals surface area contributed by atoms with Gasteiger partial charge in [0.25, 0.3) is 13.1 Å². The van der Waals surface area contributed by atoms with Gasteiger partial charge in [0.05, 0.1) is 0 Å². The van der Waals surface area contributed by atoms with Gasteiger partial charge in [-0.25, -0.2) is 0 Å². The molecular weight excluding hydrogens is 122 g/mol. The lowest BCUT2D eigenvalue weighted by Crippen LogP contribution is -1.77. The largest absolute Gasteiger partial charge is 0.288 e. The van der Waals surface area contributed by atoms with Crippen molar-refractivity contribution < 1.29 is 0 Å². The van der Waals surface area contributed by atoms with E-state index in [0.717, 1.165) is 5.56 Å². The van der Waals surface area contributed by atoms with Gasteiger partial charge in [0.15, 0.2) is 0 Å². The van der Waals surface area contributed by atoms with Crippen molar-refractivity contribution in [2.24, 2.45) is 0 Å². The highest BCUT2D eigenvalue weighted by Crippen LogP contribution is 2.03. The zero-order valence-electron chi connectivity index (χ0n) is 6.04. The molecule has 0 unspecified atom stereocenters. The first-order valence-electron chi connectivity index (χ1n) is 3.25. The molecule has 1 nitrogen and oxygen atoms in total. The molecule has 0 amide bonds. The van der Waals surface area contributed by atoms with Gasteiger partial charge in [-0.2, -0.15) is 0 Å². The van der Waals surface area contributed by atoms with Crippen LogP contribution in [0, 0.1) is 13.5 Å². The Morgan fingerprint density at radius 3 is 2.40 bits per heavy atom. The van der Waals surface area contributed by atoms with E-state index in [4.69, 9.17) is 6.57 Å². The molecule has 50 valence electrons. The van der Waals surface area contributed by atoms with E-state index in [1.807, 2.05) is 12.1 Å².